The summed E-state index contributed by atoms with van der Waals surface area (Å²) < 4.78 is 0. The van der Waals surface area contributed by atoms with Crippen molar-refractivity contribution in [1.82, 2.24) is 4.90 Å². The first-order chi connectivity index (χ1) is 12.8. The fourth-order valence-corrected chi connectivity index (χ4v) is 5.58. The third-order valence-corrected chi connectivity index (χ3v) is 6.89. The predicted octanol–water partition coefficient (Wildman–Crippen LogP) is 5.88. The van der Waals surface area contributed by atoms with E-state index in [4.69, 9.17) is 0 Å². The van der Waals surface area contributed by atoms with Crippen molar-refractivity contribution in [2.75, 3.05) is 20.1 Å². The van der Waals surface area contributed by atoms with Gasteiger partial charge >= 0.3 is 0 Å². The first kappa shape index (κ1) is 16.3. The maximum atomic E-state index is 2.53. The molecule has 0 aromatic heterocycles. The minimum atomic E-state index is 0.555. The van der Waals surface area contributed by atoms with E-state index in [-0.39, 0.29) is 0 Å². The molecule has 26 heavy (non-hydrogen) atoms. The predicted molar refractivity (Wildman–Crippen MR) is 110 cm³/mol. The lowest BCUT2D eigenvalue weighted by molar-refractivity contribution is 0.207. The van der Waals surface area contributed by atoms with Crippen LogP contribution in [-0.2, 0) is 0 Å². The Hall–Kier alpha value is -1.86. The molecule has 0 bridgehead atoms. The zero-order valence-corrected chi connectivity index (χ0v) is 15.9. The summed E-state index contributed by atoms with van der Waals surface area (Å²) in [5.41, 5.74) is 9.59. The Kier molecular flexibility index (Phi) is 4.21. The minimum Gasteiger partial charge on any atom is -0.306 e. The second-order valence-electron chi connectivity index (χ2n) is 8.50. The SMILES string of the molecule is CN1CCC(C2C3=CC=CCC4=C3C(=Cc3ccccc32)CCC4)CC1. The summed E-state index contributed by atoms with van der Waals surface area (Å²) in [5.74, 6) is 1.31. The van der Waals surface area contributed by atoms with E-state index in [1.165, 1.54) is 50.8 Å². The van der Waals surface area contributed by atoms with Crippen LogP contribution in [0.1, 0.15) is 55.6 Å². The van der Waals surface area contributed by atoms with Gasteiger partial charge in [-0.3, -0.25) is 0 Å². The van der Waals surface area contributed by atoms with Crippen molar-refractivity contribution in [3.05, 3.63) is 75.9 Å². The van der Waals surface area contributed by atoms with Crippen LogP contribution in [0.4, 0.5) is 0 Å². The Morgan fingerprint density at radius 2 is 1.88 bits per heavy atom. The average Bonchev–Trinajstić information content (AvgIpc) is 2.96. The fourth-order valence-electron chi connectivity index (χ4n) is 5.58. The summed E-state index contributed by atoms with van der Waals surface area (Å²) in [7, 11) is 2.27. The third kappa shape index (κ3) is 2.74. The molecule has 1 unspecified atom stereocenters. The van der Waals surface area contributed by atoms with Crippen molar-refractivity contribution in [2.45, 2.75) is 44.4 Å². The number of piperidine rings is 1. The number of nitrogens with zero attached hydrogens (tertiary/aromatic N) is 1. The van der Waals surface area contributed by atoms with Crippen LogP contribution in [0.2, 0.25) is 0 Å². The Balaban J connectivity index is 1.70. The maximum absolute atomic E-state index is 2.53. The molecule has 3 aliphatic carbocycles. The Bertz CT molecular complexity index is 827. The van der Waals surface area contributed by atoms with Gasteiger partial charge in [0.2, 0.25) is 0 Å². The summed E-state index contributed by atoms with van der Waals surface area (Å²) in [6, 6.07) is 9.22. The smallest absolute Gasteiger partial charge is 0.0130 e. The monoisotopic (exact) mass is 343 g/mol. The molecule has 0 saturated carbocycles. The Morgan fingerprint density at radius 3 is 2.77 bits per heavy atom. The molecule has 4 aliphatic rings. The molecule has 1 aromatic carbocycles. The molecule has 0 N–H and O–H groups in total. The largest absolute Gasteiger partial charge is 0.306 e. The quantitative estimate of drug-likeness (QED) is 0.616. The normalized spacial score (nSPS) is 26.4. The Labute approximate surface area is 157 Å². The summed E-state index contributed by atoms with van der Waals surface area (Å²) >= 11 is 0. The average molecular weight is 344 g/mol. The van der Waals surface area contributed by atoms with Gasteiger partial charge in [-0.1, -0.05) is 54.1 Å². The molecule has 1 nitrogen and oxygen atoms in total. The van der Waals surface area contributed by atoms with Crippen molar-refractivity contribution in [3.8, 4) is 0 Å². The molecule has 5 rings (SSSR count). The van der Waals surface area contributed by atoms with E-state index in [2.05, 4.69) is 60.5 Å². The molecule has 1 aliphatic heterocycles. The summed E-state index contributed by atoms with van der Waals surface area (Å²) in [6.07, 6.45) is 17.3. The summed E-state index contributed by atoms with van der Waals surface area (Å²) in [4.78, 5) is 2.50. The molecule has 1 aromatic rings. The first-order valence-electron chi connectivity index (χ1n) is 10.4. The van der Waals surface area contributed by atoms with Gasteiger partial charge in [-0.25, -0.2) is 0 Å². The molecule has 1 saturated heterocycles. The number of hydrogen-bond acceptors (Lipinski definition) is 1. The fraction of sp³-hybridized carbons (Fsp3) is 0.440. The van der Waals surface area contributed by atoms with Crippen LogP contribution in [0.5, 0.6) is 0 Å². The van der Waals surface area contributed by atoms with Crippen molar-refractivity contribution < 1.29 is 0 Å². The van der Waals surface area contributed by atoms with Crippen LogP contribution in [0.3, 0.4) is 0 Å². The number of hydrogen-bond donors (Lipinski definition) is 0. The van der Waals surface area contributed by atoms with E-state index in [0.29, 0.717) is 5.92 Å². The Morgan fingerprint density at radius 1 is 1.04 bits per heavy atom. The maximum Gasteiger partial charge on any atom is 0.0130 e. The van der Waals surface area contributed by atoms with Crippen molar-refractivity contribution in [2.24, 2.45) is 5.92 Å². The zero-order valence-electron chi connectivity index (χ0n) is 15.9. The zero-order chi connectivity index (χ0) is 17.5. The van der Waals surface area contributed by atoms with Crippen LogP contribution in [-0.4, -0.2) is 25.0 Å². The highest BCUT2D eigenvalue weighted by Crippen LogP contribution is 2.50. The summed E-state index contributed by atoms with van der Waals surface area (Å²) in [6.45, 7) is 2.47. The highest BCUT2D eigenvalue weighted by molar-refractivity contribution is 5.72. The van der Waals surface area contributed by atoms with Gasteiger partial charge in [0.05, 0.1) is 0 Å². The second-order valence-corrected chi connectivity index (χ2v) is 8.50. The van der Waals surface area contributed by atoms with E-state index >= 15 is 0 Å². The number of likely N-dealkylation sites (tertiary alicyclic amines) is 1. The standard InChI is InChI=1S/C25H29N/c1-26-15-13-19(14-16-26)25-22-11-4-3-8-20(22)17-21-10-6-9-18-7-2-5-12-23(25)24(18)21/h2-5,8,11-12,17,19,25H,6-7,9-10,13-16H2,1H3. The van der Waals surface area contributed by atoms with Gasteiger partial charge in [-0.05, 0) is 92.4 Å². The van der Waals surface area contributed by atoms with Crippen molar-refractivity contribution in [3.63, 3.8) is 0 Å². The van der Waals surface area contributed by atoms with Gasteiger partial charge in [-0.15, -0.1) is 0 Å². The topological polar surface area (TPSA) is 3.24 Å². The molecule has 0 radical (unpaired) electrons. The highest BCUT2D eigenvalue weighted by Gasteiger charge is 2.36. The second kappa shape index (κ2) is 6.70. The molecular formula is C25H29N. The lowest BCUT2D eigenvalue weighted by Crippen LogP contribution is -2.33. The minimum absolute atomic E-state index is 0.555. The summed E-state index contributed by atoms with van der Waals surface area (Å²) in [5, 5.41) is 0. The van der Waals surface area contributed by atoms with Gasteiger partial charge in [0.25, 0.3) is 0 Å². The van der Waals surface area contributed by atoms with E-state index in [1.807, 2.05) is 0 Å². The first-order valence-corrected chi connectivity index (χ1v) is 10.4. The van der Waals surface area contributed by atoms with Crippen LogP contribution < -0.4 is 0 Å². The van der Waals surface area contributed by atoms with Gasteiger partial charge in [0.15, 0.2) is 0 Å². The lowest BCUT2D eigenvalue weighted by Gasteiger charge is -2.37. The molecule has 0 spiro atoms. The van der Waals surface area contributed by atoms with Gasteiger partial charge in [0.1, 0.15) is 0 Å². The number of fused-ring (bicyclic) bond motifs is 1. The van der Waals surface area contributed by atoms with Crippen LogP contribution in [0, 0.1) is 5.92 Å². The van der Waals surface area contributed by atoms with Crippen LogP contribution in [0.15, 0.2) is 64.8 Å². The van der Waals surface area contributed by atoms with E-state index < -0.39 is 0 Å². The lowest BCUT2D eigenvalue weighted by atomic mass is 9.71. The number of benzene rings is 1. The molecule has 1 fully saturated rings. The molecule has 134 valence electrons. The van der Waals surface area contributed by atoms with Gasteiger partial charge in [-0.2, -0.15) is 0 Å². The molecular weight excluding hydrogens is 314 g/mol. The third-order valence-electron chi connectivity index (χ3n) is 6.89. The van der Waals surface area contributed by atoms with Crippen molar-refractivity contribution in [1.29, 1.82) is 0 Å². The van der Waals surface area contributed by atoms with Gasteiger partial charge < -0.3 is 4.90 Å². The van der Waals surface area contributed by atoms with Crippen LogP contribution in [0.25, 0.3) is 6.08 Å². The molecule has 0 amide bonds. The van der Waals surface area contributed by atoms with Crippen molar-refractivity contribution >= 4 is 6.08 Å². The van der Waals surface area contributed by atoms with E-state index in [9.17, 15) is 0 Å². The van der Waals surface area contributed by atoms with E-state index in [1.54, 1.807) is 27.9 Å². The highest BCUT2D eigenvalue weighted by atomic mass is 15.1. The number of rotatable bonds is 1. The molecule has 1 heterocycles. The van der Waals surface area contributed by atoms with E-state index in [0.717, 1.165) is 12.3 Å². The van der Waals surface area contributed by atoms with Gasteiger partial charge in [0, 0.05) is 5.92 Å². The molecule has 1 atom stereocenters. The number of allylic oxidation sites excluding steroid dienone is 7. The molecule has 1 heteroatoms. The van der Waals surface area contributed by atoms with Crippen LogP contribution >= 0.6 is 0 Å².